The summed E-state index contributed by atoms with van der Waals surface area (Å²) in [7, 11) is 0. The molecule has 1 aromatic heterocycles. The second kappa shape index (κ2) is 6.56. The molecule has 1 aromatic rings. The molecule has 0 atom stereocenters. The number of carboxylic acid groups (broad SMARTS) is 1. The van der Waals surface area contributed by atoms with E-state index in [-0.39, 0.29) is 5.56 Å². The predicted octanol–water partition coefficient (Wildman–Crippen LogP) is 1.55. The van der Waals surface area contributed by atoms with Crippen molar-refractivity contribution in [1.82, 2.24) is 10.2 Å². The minimum atomic E-state index is -0.945. The summed E-state index contributed by atoms with van der Waals surface area (Å²) < 4.78 is 5.15. The Labute approximate surface area is 107 Å². The molecule has 1 aliphatic heterocycles. The highest BCUT2D eigenvalue weighted by atomic mass is 16.4. The molecule has 2 rings (SSSR count). The molecule has 2 heterocycles. The Morgan fingerprint density at radius 2 is 2.22 bits per heavy atom. The standard InChI is InChI=1S/C13H20N2O3/c16-13(17)11-8-12(18-10-11)9-14-4-3-7-15-5-1-2-6-15/h8,10,14H,1-7,9H2,(H,16,17). The lowest BCUT2D eigenvalue weighted by Crippen LogP contribution is -2.24. The van der Waals surface area contributed by atoms with Crippen molar-refractivity contribution in [3.05, 3.63) is 23.7 Å². The quantitative estimate of drug-likeness (QED) is 0.721. The Bertz CT molecular complexity index is 383. The predicted molar refractivity (Wildman–Crippen MR) is 67.7 cm³/mol. The molecule has 1 saturated heterocycles. The summed E-state index contributed by atoms with van der Waals surface area (Å²) in [6.45, 7) is 5.14. The van der Waals surface area contributed by atoms with E-state index in [4.69, 9.17) is 9.52 Å². The molecule has 0 amide bonds. The van der Waals surface area contributed by atoms with E-state index in [0.717, 1.165) is 19.5 Å². The summed E-state index contributed by atoms with van der Waals surface area (Å²) in [5, 5.41) is 12.0. The minimum absolute atomic E-state index is 0.212. The molecule has 1 fully saturated rings. The molecule has 0 unspecified atom stereocenters. The number of hydrogen-bond donors (Lipinski definition) is 2. The first-order chi connectivity index (χ1) is 8.75. The van der Waals surface area contributed by atoms with Crippen LogP contribution in [0.25, 0.3) is 0 Å². The monoisotopic (exact) mass is 252 g/mol. The van der Waals surface area contributed by atoms with Crippen LogP contribution in [0, 0.1) is 0 Å². The molecule has 18 heavy (non-hydrogen) atoms. The lowest BCUT2D eigenvalue weighted by atomic mass is 10.3. The van der Waals surface area contributed by atoms with Gasteiger partial charge in [0.1, 0.15) is 12.0 Å². The molecule has 5 heteroatoms. The van der Waals surface area contributed by atoms with Crippen molar-refractivity contribution >= 4 is 5.97 Å². The van der Waals surface area contributed by atoms with Crippen LogP contribution in [-0.2, 0) is 6.54 Å². The number of hydrogen-bond acceptors (Lipinski definition) is 4. The van der Waals surface area contributed by atoms with Crippen molar-refractivity contribution < 1.29 is 14.3 Å². The second-order valence-corrected chi connectivity index (χ2v) is 4.69. The number of likely N-dealkylation sites (tertiary alicyclic amines) is 1. The van der Waals surface area contributed by atoms with Crippen LogP contribution in [0.1, 0.15) is 35.4 Å². The largest absolute Gasteiger partial charge is 0.478 e. The molecular formula is C13H20N2O3. The van der Waals surface area contributed by atoms with Crippen LogP contribution in [-0.4, -0.2) is 42.2 Å². The van der Waals surface area contributed by atoms with E-state index in [1.54, 1.807) is 6.07 Å². The highest BCUT2D eigenvalue weighted by molar-refractivity contribution is 5.87. The second-order valence-electron chi connectivity index (χ2n) is 4.69. The summed E-state index contributed by atoms with van der Waals surface area (Å²) in [6, 6.07) is 1.57. The third-order valence-corrected chi connectivity index (χ3v) is 3.23. The zero-order valence-electron chi connectivity index (χ0n) is 10.5. The van der Waals surface area contributed by atoms with Gasteiger partial charge in [-0.1, -0.05) is 0 Å². The van der Waals surface area contributed by atoms with Gasteiger partial charge in [-0.3, -0.25) is 0 Å². The number of aromatic carboxylic acids is 1. The topological polar surface area (TPSA) is 65.7 Å². The summed E-state index contributed by atoms with van der Waals surface area (Å²) in [5.41, 5.74) is 0.212. The van der Waals surface area contributed by atoms with E-state index in [9.17, 15) is 4.79 Å². The van der Waals surface area contributed by atoms with Gasteiger partial charge in [0.15, 0.2) is 0 Å². The van der Waals surface area contributed by atoms with Gasteiger partial charge < -0.3 is 19.7 Å². The fourth-order valence-electron chi connectivity index (χ4n) is 2.23. The normalized spacial score (nSPS) is 16.2. The summed E-state index contributed by atoms with van der Waals surface area (Å²) in [4.78, 5) is 13.1. The van der Waals surface area contributed by atoms with Gasteiger partial charge in [-0.15, -0.1) is 0 Å². The molecule has 0 aromatic carbocycles. The highest BCUT2D eigenvalue weighted by Crippen LogP contribution is 2.08. The van der Waals surface area contributed by atoms with E-state index in [0.29, 0.717) is 12.3 Å². The lowest BCUT2D eigenvalue weighted by molar-refractivity contribution is 0.0696. The van der Waals surface area contributed by atoms with Gasteiger partial charge in [0.25, 0.3) is 0 Å². The summed E-state index contributed by atoms with van der Waals surface area (Å²) >= 11 is 0. The maximum absolute atomic E-state index is 10.7. The Balaban J connectivity index is 1.58. The van der Waals surface area contributed by atoms with Gasteiger partial charge in [-0.2, -0.15) is 0 Å². The van der Waals surface area contributed by atoms with Crippen LogP contribution in [0.4, 0.5) is 0 Å². The van der Waals surface area contributed by atoms with Gasteiger partial charge in [-0.25, -0.2) is 4.79 Å². The molecule has 1 aliphatic rings. The maximum Gasteiger partial charge on any atom is 0.338 e. The van der Waals surface area contributed by atoms with Crippen LogP contribution in [0.15, 0.2) is 16.7 Å². The zero-order chi connectivity index (χ0) is 12.8. The smallest absolute Gasteiger partial charge is 0.338 e. The Morgan fingerprint density at radius 1 is 1.44 bits per heavy atom. The Morgan fingerprint density at radius 3 is 2.89 bits per heavy atom. The molecule has 0 spiro atoms. The summed E-state index contributed by atoms with van der Waals surface area (Å²) in [5.74, 6) is -0.271. The minimum Gasteiger partial charge on any atom is -0.478 e. The van der Waals surface area contributed by atoms with Crippen LogP contribution < -0.4 is 5.32 Å². The van der Waals surface area contributed by atoms with Gasteiger partial charge >= 0.3 is 5.97 Å². The Kier molecular flexibility index (Phi) is 4.78. The summed E-state index contributed by atoms with van der Waals surface area (Å²) in [6.07, 6.45) is 5.06. The first-order valence-corrected chi connectivity index (χ1v) is 6.49. The van der Waals surface area contributed by atoms with Crippen LogP contribution in [0.2, 0.25) is 0 Å². The van der Waals surface area contributed by atoms with E-state index < -0.39 is 5.97 Å². The maximum atomic E-state index is 10.7. The van der Waals surface area contributed by atoms with E-state index in [1.807, 2.05) is 0 Å². The van der Waals surface area contributed by atoms with Gasteiger partial charge in [0.2, 0.25) is 0 Å². The first-order valence-electron chi connectivity index (χ1n) is 6.49. The lowest BCUT2D eigenvalue weighted by Gasteiger charge is -2.13. The molecular weight excluding hydrogens is 232 g/mol. The molecule has 0 saturated carbocycles. The average molecular weight is 252 g/mol. The van der Waals surface area contributed by atoms with Crippen molar-refractivity contribution in [2.45, 2.75) is 25.8 Å². The van der Waals surface area contributed by atoms with E-state index >= 15 is 0 Å². The van der Waals surface area contributed by atoms with Gasteiger partial charge in [0.05, 0.1) is 12.1 Å². The molecule has 0 radical (unpaired) electrons. The molecule has 0 aliphatic carbocycles. The van der Waals surface area contributed by atoms with Gasteiger partial charge in [-0.05, 0) is 51.5 Å². The number of nitrogens with one attached hydrogen (secondary N) is 1. The fraction of sp³-hybridized carbons (Fsp3) is 0.615. The van der Waals surface area contributed by atoms with Crippen molar-refractivity contribution in [2.75, 3.05) is 26.2 Å². The zero-order valence-corrected chi connectivity index (χ0v) is 10.5. The van der Waals surface area contributed by atoms with Gasteiger partial charge in [0, 0.05) is 0 Å². The van der Waals surface area contributed by atoms with Crippen molar-refractivity contribution in [3.8, 4) is 0 Å². The number of nitrogens with zero attached hydrogens (tertiary/aromatic N) is 1. The number of rotatable bonds is 7. The molecule has 0 bridgehead atoms. The molecule has 100 valence electrons. The Hall–Kier alpha value is -1.33. The molecule has 5 nitrogen and oxygen atoms in total. The SMILES string of the molecule is O=C(O)c1coc(CNCCCN2CCCC2)c1. The van der Waals surface area contributed by atoms with E-state index in [2.05, 4.69) is 10.2 Å². The van der Waals surface area contributed by atoms with Crippen LogP contribution in [0.3, 0.4) is 0 Å². The molecule has 2 N–H and O–H groups in total. The fourth-order valence-corrected chi connectivity index (χ4v) is 2.23. The first kappa shape index (κ1) is 13.1. The number of carboxylic acids is 1. The highest BCUT2D eigenvalue weighted by Gasteiger charge is 2.10. The van der Waals surface area contributed by atoms with Crippen LogP contribution >= 0.6 is 0 Å². The number of carbonyl (C=O) groups is 1. The van der Waals surface area contributed by atoms with Crippen molar-refractivity contribution in [2.24, 2.45) is 0 Å². The van der Waals surface area contributed by atoms with Crippen molar-refractivity contribution in [1.29, 1.82) is 0 Å². The van der Waals surface area contributed by atoms with E-state index in [1.165, 1.54) is 32.2 Å². The third-order valence-electron chi connectivity index (χ3n) is 3.23. The average Bonchev–Trinajstić information content (AvgIpc) is 2.98. The van der Waals surface area contributed by atoms with Crippen LogP contribution in [0.5, 0.6) is 0 Å². The third kappa shape index (κ3) is 3.85. The van der Waals surface area contributed by atoms with Crippen molar-refractivity contribution in [3.63, 3.8) is 0 Å². The number of furan rings is 1.